The minimum absolute atomic E-state index is 0.0537. The molecular formula is C27H37N3O4S. The Bertz CT molecular complexity index is 1150. The van der Waals surface area contributed by atoms with Gasteiger partial charge in [0.25, 0.3) is 5.91 Å². The van der Waals surface area contributed by atoms with Crippen LogP contribution in [0.25, 0.3) is 0 Å². The van der Waals surface area contributed by atoms with Crippen LogP contribution in [0, 0.1) is 11.8 Å². The van der Waals surface area contributed by atoms with E-state index in [-0.39, 0.29) is 28.4 Å². The minimum atomic E-state index is -3.80. The molecule has 0 spiro atoms. The van der Waals surface area contributed by atoms with E-state index in [1.807, 2.05) is 12.1 Å². The highest BCUT2D eigenvalue weighted by Crippen LogP contribution is 2.32. The predicted molar refractivity (Wildman–Crippen MR) is 138 cm³/mol. The fourth-order valence-corrected chi connectivity index (χ4v) is 7.27. The summed E-state index contributed by atoms with van der Waals surface area (Å²) in [6.07, 6.45) is 3.37. The molecule has 2 unspecified atom stereocenters. The number of carbonyl (C=O) groups excluding carboxylic acids is 1. The number of sulfonamides is 1. The van der Waals surface area contributed by atoms with Crippen LogP contribution >= 0.6 is 0 Å². The number of hydrogen-bond donors (Lipinski definition) is 0. The van der Waals surface area contributed by atoms with Crippen molar-refractivity contribution in [2.75, 3.05) is 45.2 Å². The van der Waals surface area contributed by atoms with Crippen LogP contribution in [0.3, 0.4) is 0 Å². The van der Waals surface area contributed by atoms with Gasteiger partial charge in [0.2, 0.25) is 10.0 Å². The lowest BCUT2D eigenvalue weighted by molar-refractivity contribution is 0.0785. The van der Waals surface area contributed by atoms with Crippen molar-refractivity contribution in [1.29, 1.82) is 0 Å². The van der Waals surface area contributed by atoms with E-state index in [9.17, 15) is 13.2 Å². The van der Waals surface area contributed by atoms with Crippen LogP contribution in [0.4, 0.5) is 5.69 Å². The highest BCUT2D eigenvalue weighted by atomic mass is 32.2. The number of para-hydroxylation sites is 1. The molecule has 2 fully saturated rings. The predicted octanol–water partition coefficient (Wildman–Crippen LogP) is 4.23. The van der Waals surface area contributed by atoms with Gasteiger partial charge in [0.05, 0.1) is 7.11 Å². The van der Waals surface area contributed by atoms with E-state index in [1.165, 1.54) is 30.3 Å². The van der Waals surface area contributed by atoms with Crippen LogP contribution in [0.1, 0.15) is 49.0 Å². The van der Waals surface area contributed by atoms with E-state index >= 15 is 0 Å². The van der Waals surface area contributed by atoms with E-state index in [0.717, 1.165) is 30.8 Å². The molecule has 2 aliphatic heterocycles. The van der Waals surface area contributed by atoms with E-state index < -0.39 is 10.0 Å². The van der Waals surface area contributed by atoms with E-state index in [1.54, 1.807) is 24.1 Å². The third-order valence-corrected chi connectivity index (χ3v) is 8.91. The molecule has 0 aliphatic carbocycles. The minimum Gasteiger partial charge on any atom is -0.495 e. The van der Waals surface area contributed by atoms with Gasteiger partial charge in [0.15, 0.2) is 0 Å². The molecule has 8 heteroatoms. The first-order valence-electron chi connectivity index (χ1n) is 12.5. The van der Waals surface area contributed by atoms with E-state index in [0.29, 0.717) is 25.2 Å². The highest BCUT2D eigenvalue weighted by Gasteiger charge is 2.34. The molecule has 4 rings (SSSR count). The molecule has 0 N–H and O–H groups in total. The van der Waals surface area contributed by atoms with Crippen LogP contribution in [0.5, 0.6) is 5.75 Å². The second-order valence-electron chi connectivity index (χ2n) is 10.1. The summed E-state index contributed by atoms with van der Waals surface area (Å²) in [7, 11) is -0.582. The smallest absolute Gasteiger partial charge is 0.253 e. The third-order valence-electron chi connectivity index (χ3n) is 7.06. The number of amides is 1. The summed E-state index contributed by atoms with van der Waals surface area (Å²) < 4.78 is 34.1. The average molecular weight is 500 g/mol. The topological polar surface area (TPSA) is 70.2 Å². The molecule has 2 heterocycles. The first kappa shape index (κ1) is 25.5. The van der Waals surface area contributed by atoms with Gasteiger partial charge in [-0.2, -0.15) is 4.31 Å². The molecule has 0 saturated carbocycles. The Labute approximate surface area is 209 Å². The van der Waals surface area contributed by atoms with Gasteiger partial charge in [-0.1, -0.05) is 32.0 Å². The summed E-state index contributed by atoms with van der Waals surface area (Å²) in [6, 6.07) is 12.9. The van der Waals surface area contributed by atoms with Crippen molar-refractivity contribution in [2.24, 2.45) is 11.8 Å². The van der Waals surface area contributed by atoms with Crippen LogP contribution in [0.15, 0.2) is 47.4 Å². The van der Waals surface area contributed by atoms with Crippen LogP contribution in [-0.4, -0.2) is 63.9 Å². The number of anilines is 1. The molecule has 2 aliphatic rings. The number of nitrogens with zero attached hydrogens (tertiary/aromatic N) is 3. The summed E-state index contributed by atoms with van der Waals surface area (Å²) >= 11 is 0. The maximum Gasteiger partial charge on any atom is 0.253 e. The summed E-state index contributed by atoms with van der Waals surface area (Å²) in [4.78, 5) is 17.5. The second-order valence-corrected chi connectivity index (χ2v) is 12.0. The first-order chi connectivity index (χ1) is 16.7. The van der Waals surface area contributed by atoms with Crippen LogP contribution in [-0.2, 0) is 16.6 Å². The van der Waals surface area contributed by atoms with Crippen molar-refractivity contribution in [3.05, 3.63) is 53.6 Å². The summed E-state index contributed by atoms with van der Waals surface area (Å²) in [6.45, 7) is 7.60. The van der Waals surface area contributed by atoms with Crippen molar-refractivity contribution < 1.29 is 17.9 Å². The zero-order valence-corrected chi connectivity index (χ0v) is 22.1. The fourth-order valence-electron chi connectivity index (χ4n) is 5.41. The molecule has 2 aromatic carbocycles. The SMILES string of the molecule is COc1ccc(C(=O)N(C)Cc2ccccc2N2CCCC2)cc1S(=O)(=O)N1CC(C)CC(C)C1. The normalized spacial score (nSPS) is 21.2. The molecular weight excluding hydrogens is 462 g/mol. The standard InChI is InChI=1S/C27H37N3O4S/c1-20-15-21(2)18-30(17-20)35(32,33)26-16-22(11-12-25(26)34-4)27(31)28(3)19-23-9-5-6-10-24(23)29-13-7-8-14-29/h5-6,9-12,16,20-21H,7-8,13-15,17-19H2,1-4H3. The van der Waals surface area contributed by atoms with Crippen molar-refractivity contribution in [3.8, 4) is 5.75 Å². The quantitative estimate of drug-likeness (QED) is 0.570. The molecule has 0 radical (unpaired) electrons. The van der Waals surface area contributed by atoms with E-state index in [4.69, 9.17) is 4.74 Å². The summed E-state index contributed by atoms with van der Waals surface area (Å²) in [5.74, 6) is 0.604. The number of methoxy groups -OCH3 is 1. The molecule has 0 bridgehead atoms. The molecule has 35 heavy (non-hydrogen) atoms. The Balaban J connectivity index is 1.59. The largest absolute Gasteiger partial charge is 0.495 e. The van der Waals surface area contributed by atoms with Crippen molar-refractivity contribution >= 4 is 21.6 Å². The van der Waals surface area contributed by atoms with Gasteiger partial charge in [-0.3, -0.25) is 4.79 Å². The second kappa shape index (κ2) is 10.6. The van der Waals surface area contributed by atoms with Gasteiger partial charge in [-0.25, -0.2) is 8.42 Å². The highest BCUT2D eigenvalue weighted by molar-refractivity contribution is 7.89. The molecule has 0 aromatic heterocycles. The number of rotatable bonds is 7. The lowest BCUT2D eigenvalue weighted by Crippen LogP contribution is -2.42. The molecule has 2 aromatic rings. The van der Waals surface area contributed by atoms with Gasteiger partial charge in [0.1, 0.15) is 10.6 Å². The van der Waals surface area contributed by atoms with Crippen LogP contribution in [0.2, 0.25) is 0 Å². The number of ether oxygens (including phenoxy) is 1. The van der Waals surface area contributed by atoms with Gasteiger partial charge in [-0.05, 0) is 60.9 Å². The lowest BCUT2D eigenvalue weighted by atomic mass is 9.94. The average Bonchev–Trinajstić information content (AvgIpc) is 3.37. The summed E-state index contributed by atoms with van der Waals surface area (Å²) in [5, 5.41) is 0. The number of benzene rings is 2. The molecule has 2 saturated heterocycles. The van der Waals surface area contributed by atoms with Crippen LogP contribution < -0.4 is 9.64 Å². The van der Waals surface area contributed by atoms with Gasteiger partial charge < -0.3 is 14.5 Å². The molecule has 2 atom stereocenters. The number of piperidine rings is 1. The maximum absolute atomic E-state index is 13.6. The Morgan fingerprint density at radius 2 is 1.71 bits per heavy atom. The molecule has 190 valence electrons. The van der Waals surface area contributed by atoms with Crippen molar-refractivity contribution in [1.82, 2.24) is 9.21 Å². The Hall–Kier alpha value is -2.58. The van der Waals surface area contributed by atoms with Crippen molar-refractivity contribution in [3.63, 3.8) is 0 Å². The number of hydrogen-bond acceptors (Lipinski definition) is 5. The van der Waals surface area contributed by atoms with Gasteiger partial charge >= 0.3 is 0 Å². The maximum atomic E-state index is 13.6. The molecule has 1 amide bonds. The lowest BCUT2D eigenvalue weighted by Gasteiger charge is -2.34. The first-order valence-corrected chi connectivity index (χ1v) is 13.9. The van der Waals surface area contributed by atoms with Gasteiger partial charge in [0, 0.05) is 51.0 Å². The molecule has 7 nitrogen and oxygen atoms in total. The Morgan fingerprint density at radius 1 is 1.06 bits per heavy atom. The van der Waals surface area contributed by atoms with Gasteiger partial charge in [-0.15, -0.1) is 0 Å². The van der Waals surface area contributed by atoms with E-state index in [2.05, 4.69) is 30.9 Å². The number of carbonyl (C=O) groups is 1. The Kier molecular flexibility index (Phi) is 7.71. The third kappa shape index (κ3) is 5.48. The Morgan fingerprint density at radius 3 is 2.37 bits per heavy atom. The zero-order chi connectivity index (χ0) is 25.2. The fraction of sp³-hybridized carbons (Fsp3) is 0.519. The monoisotopic (exact) mass is 499 g/mol. The zero-order valence-electron chi connectivity index (χ0n) is 21.2. The van der Waals surface area contributed by atoms with Crippen molar-refractivity contribution in [2.45, 2.75) is 44.6 Å². The summed E-state index contributed by atoms with van der Waals surface area (Å²) in [5.41, 5.74) is 2.59.